The van der Waals surface area contributed by atoms with Crippen molar-refractivity contribution in [3.63, 3.8) is 0 Å². The third-order valence-corrected chi connectivity index (χ3v) is 2.86. The lowest BCUT2D eigenvalue weighted by Crippen LogP contribution is -2.31. The van der Waals surface area contributed by atoms with E-state index in [-0.39, 0.29) is 5.16 Å². The molecular weight excluding hydrogens is 242 g/mol. The molecule has 0 radical (unpaired) electrons. The minimum atomic E-state index is -3.86. The van der Waals surface area contributed by atoms with Gasteiger partial charge in [-0.15, -0.1) is 10.2 Å². The number of rotatable bonds is 3. The average molecular weight is 261 g/mol. The van der Waals surface area contributed by atoms with E-state index in [1.54, 1.807) is 4.57 Å². The highest BCUT2D eigenvalue weighted by Crippen LogP contribution is 2.21. The molecule has 0 aliphatic carbocycles. The topological polar surface area (TPSA) is 94.1 Å². The quantitative estimate of drug-likeness (QED) is 0.809. The summed E-state index contributed by atoms with van der Waals surface area (Å²) < 4.78 is 24.4. The van der Waals surface area contributed by atoms with Gasteiger partial charge in [-0.25, -0.2) is 13.6 Å². The third-order valence-electron chi connectivity index (χ3n) is 2.08. The Bertz CT molecular complexity index is 498. The van der Waals surface area contributed by atoms with Gasteiger partial charge in [-0.3, -0.25) is 4.57 Å². The van der Waals surface area contributed by atoms with Crippen molar-refractivity contribution >= 4 is 10.0 Å². The molecule has 1 heterocycles. The number of nitrogens with zero attached hydrogens (tertiary/aromatic N) is 4. The van der Waals surface area contributed by atoms with Crippen LogP contribution in [0.25, 0.3) is 0 Å². The molecule has 98 valence electrons. The summed E-state index contributed by atoms with van der Waals surface area (Å²) in [6.45, 7) is 6.14. The summed E-state index contributed by atoms with van der Waals surface area (Å²) >= 11 is 0. The van der Waals surface area contributed by atoms with Gasteiger partial charge in [0.1, 0.15) is 5.82 Å². The molecule has 8 heteroatoms. The minimum Gasteiger partial charge on any atom is -0.302 e. The summed E-state index contributed by atoms with van der Waals surface area (Å²) in [6, 6.07) is 0. The van der Waals surface area contributed by atoms with Crippen LogP contribution >= 0.6 is 0 Å². The molecule has 0 bridgehead atoms. The Labute approximate surface area is 102 Å². The molecule has 2 N–H and O–H groups in total. The summed E-state index contributed by atoms with van der Waals surface area (Å²) in [5.41, 5.74) is -0.448. The van der Waals surface area contributed by atoms with Crippen LogP contribution in [0.3, 0.4) is 0 Å². The van der Waals surface area contributed by atoms with Crippen LogP contribution in [0.2, 0.25) is 0 Å². The van der Waals surface area contributed by atoms with E-state index >= 15 is 0 Å². The molecule has 0 aliphatic heterocycles. The van der Waals surface area contributed by atoms with Crippen molar-refractivity contribution in [1.29, 1.82) is 0 Å². The predicted octanol–water partition coefficient (Wildman–Crippen LogP) is -0.258. The monoisotopic (exact) mass is 261 g/mol. The van der Waals surface area contributed by atoms with Gasteiger partial charge in [-0.05, 0) is 34.9 Å². The van der Waals surface area contributed by atoms with Crippen LogP contribution in [0.4, 0.5) is 0 Å². The highest BCUT2D eigenvalue weighted by molar-refractivity contribution is 7.89. The van der Waals surface area contributed by atoms with Gasteiger partial charge in [0, 0.05) is 5.54 Å². The van der Waals surface area contributed by atoms with Crippen molar-refractivity contribution in [1.82, 2.24) is 19.7 Å². The Kier molecular flexibility index (Phi) is 3.60. The number of hydrogen-bond donors (Lipinski definition) is 1. The van der Waals surface area contributed by atoms with Crippen LogP contribution < -0.4 is 5.14 Å². The molecule has 0 amide bonds. The standard InChI is InChI=1S/C9H19N5O2S/c1-9(2,3)14-7(6-13(4)5)11-12-8(14)17(10,15)16/h6H2,1-5H3,(H2,10,15,16). The Balaban J connectivity index is 3.42. The number of primary sulfonamides is 1. The third kappa shape index (κ3) is 3.24. The maximum Gasteiger partial charge on any atom is 0.273 e. The fraction of sp³-hybridized carbons (Fsp3) is 0.778. The van der Waals surface area contributed by atoms with Gasteiger partial charge in [0.25, 0.3) is 15.2 Å². The van der Waals surface area contributed by atoms with E-state index in [0.717, 1.165) is 0 Å². The van der Waals surface area contributed by atoms with Crippen LogP contribution in [0.1, 0.15) is 26.6 Å². The number of sulfonamides is 1. The Morgan fingerprint density at radius 2 is 1.82 bits per heavy atom. The maximum atomic E-state index is 11.4. The van der Waals surface area contributed by atoms with Crippen LogP contribution in [-0.2, 0) is 22.1 Å². The van der Waals surface area contributed by atoms with E-state index in [9.17, 15) is 8.42 Å². The summed E-state index contributed by atoms with van der Waals surface area (Å²) in [7, 11) is -0.114. The van der Waals surface area contributed by atoms with E-state index in [4.69, 9.17) is 5.14 Å². The Morgan fingerprint density at radius 3 is 2.18 bits per heavy atom. The van der Waals surface area contributed by atoms with Gasteiger partial charge in [-0.1, -0.05) is 0 Å². The molecule has 7 nitrogen and oxygen atoms in total. The summed E-state index contributed by atoms with van der Waals surface area (Å²) in [6.07, 6.45) is 0. The lowest BCUT2D eigenvalue weighted by molar-refractivity contribution is 0.316. The highest BCUT2D eigenvalue weighted by Gasteiger charge is 2.28. The van der Waals surface area contributed by atoms with Crippen LogP contribution in [-0.4, -0.2) is 42.2 Å². The number of nitrogens with two attached hydrogens (primary N) is 1. The Morgan fingerprint density at radius 1 is 1.29 bits per heavy atom. The molecule has 0 saturated carbocycles. The smallest absolute Gasteiger partial charge is 0.273 e. The fourth-order valence-electron chi connectivity index (χ4n) is 1.54. The molecule has 1 rings (SSSR count). The molecule has 0 saturated heterocycles. The summed E-state index contributed by atoms with van der Waals surface area (Å²) in [4.78, 5) is 1.89. The lowest BCUT2D eigenvalue weighted by Gasteiger charge is -2.25. The molecule has 0 fully saturated rings. The first kappa shape index (κ1) is 14.1. The first-order valence-electron chi connectivity index (χ1n) is 5.16. The van der Waals surface area contributed by atoms with E-state index in [2.05, 4.69) is 10.2 Å². The van der Waals surface area contributed by atoms with Crippen molar-refractivity contribution < 1.29 is 8.42 Å². The van der Waals surface area contributed by atoms with E-state index in [0.29, 0.717) is 12.4 Å². The molecule has 17 heavy (non-hydrogen) atoms. The second-order valence-electron chi connectivity index (χ2n) is 5.19. The molecule has 0 aliphatic rings. The largest absolute Gasteiger partial charge is 0.302 e. The van der Waals surface area contributed by atoms with Gasteiger partial charge in [0.15, 0.2) is 0 Å². The molecule has 0 atom stereocenters. The van der Waals surface area contributed by atoms with Crippen molar-refractivity contribution in [2.45, 2.75) is 38.0 Å². The molecule has 0 unspecified atom stereocenters. The minimum absolute atomic E-state index is 0.193. The first-order chi connectivity index (χ1) is 7.53. The molecular formula is C9H19N5O2S. The predicted molar refractivity (Wildman–Crippen MR) is 63.8 cm³/mol. The second kappa shape index (κ2) is 4.35. The molecule has 1 aromatic heterocycles. The molecule has 0 spiro atoms. The van der Waals surface area contributed by atoms with Gasteiger partial charge in [0.2, 0.25) is 0 Å². The van der Waals surface area contributed by atoms with Gasteiger partial charge >= 0.3 is 0 Å². The fourth-order valence-corrected chi connectivity index (χ4v) is 2.33. The first-order valence-corrected chi connectivity index (χ1v) is 6.70. The molecule has 1 aromatic rings. The summed E-state index contributed by atoms with van der Waals surface area (Å²) in [5, 5.41) is 12.5. The van der Waals surface area contributed by atoms with E-state index in [1.807, 2.05) is 39.8 Å². The zero-order valence-corrected chi connectivity index (χ0v) is 11.6. The molecule has 0 aromatic carbocycles. The van der Waals surface area contributed by atoms with Gasteiger partial charge in [-0.2, -0.15) is 0 Å². The van der Waals surface area contributed by atoms with Gasteiger partial charge in [0.05, 0.1) is 6.54 Å². The highest BCUT2D eigenvalue weighted by atomic mass is 32.2. The summed E-state index contributed by atoms with van der Waals surface area (Å²) in [5.74, 6) is 0.575. The second-order valence-corrected chi connectivity index (χ2v) is 6.64. The van der Waals surface area contributed by atoms with Crippen molar-refractivity contribution in [3.05, 3.63) is 5.82 Å². The Hall–Kier alpha value is -0.990. The normalized spacial score (nSPS) is 13.4. The maximum absolute atomic E-state index is 11.4. The van der Waals surface area contributed by atoms with Crippen LogP contribution in [0.5, 0.6) is 0 Å². The van der Waals surface area contributed by atoms with Crippen LogP contribution in [0.15, 0.2) is 5.16 Å². The van der Waals surface area contributed by atoms with Crippen molar-refractivity contribution in [2.75, 3.05) is 14.1 Å². The van der Waals surface area contributed by atoms with Crippen molar-refractivity contribution in [3.8, 4) is 0 Å². The van der Waals surface area contributed by atoms with Crippen LogP contribution in [0, 0.1) is 0 Å². The number of aromatic nitrogens is 3. The SMILES string of the molecule is CN(C)Cc1nnc(S(N)(=O)=O)n1C(C)(C)C. The van der Waals surface area contributed by atoms with E-state index < -0.39 is 15.6 Å². The zero-order valence-electron chi connectivity index (χ0n) is 10.8. The zero-order chi connectivity index (χ0) is 13.4. The lowest BCUT2D eigenvalue weighted by atomic mass is 10.1. The van der Waals surface area contributed by atoms with E-state index in [1.165, 1.54) is 0 Å². The average Bonchev–Trinajstić information content (AvgIpc) is 2.44. The van der Waals surface area contributed by atoms with Crippen molar-refractivity contribution in [2.24, 2.45) is 5.14 Å². The van der Waals surface area contributed by atoms with Gasteiger partial charge < -0.3 is 4.90 Å². The number of hydrogen-bond acceptors (Lipinski definition) is 5.